The third-order valence-electron chi connectivity index (χ3n) is 3.63. The molecule has 1 atom stereocenters. The van der Waals surface area contributed by atoms with Gasteiger partial charge in [-0.3, -0.25) is 10.2 Å². The molecular weight excluding hydrogens is 208 g/mol. The monoisotopic (exact) mass is 232 g/mol. The quantitative estimate of drug-likeness (QED) is 0.802. The molecule has 0 amide bonds. The lowest BCUT2D eigenvalue weighted by atomic mass is 9.95. The Morgan fingerprint density at radius 3 is 2.29 bits per heavy atom. The maximum Gasteiger partial charge on any atom is 0.0857 e. The molecule has 1 aliphatic carbocycles. The minimum atomic E-state index is 0.347. The zero-order valence-electron chi connectivity index (χ0n) is 11.0. The van der Waals surface area contributed by atoms with Gasteiger partial charge in [0.05, 0.1) is 6.17 Å². The molecule has 1 saturated carbocycles. The fraction of sp³-hybridized carbons (Fsp3) is 0.600. The summed E-state index contributed by atoms with van der Waals surface area (Å²) in [6, 6.07) is 11.4. The van der Waals surface area contributed by atoms with Crippen molar-refractivity contribution >= 4 is 0 Å². The normalized spacial score (nSPS) is 19.5. The van der Waals surface area contributed by atoms with E-state index in [-0.39, 0.29) is 0 Å². The van der Waals surface area contributed by atoms with Gasteiger partial charge in [0.2, 0.25) is 0 Å². The molecule has 1 N–H and O–H groups in total. The summed E-state index contributed by atoms with van der Waals surface area (Å²) in [4.78, 5) is 2.27. The standard InChI is InChI=1S/C15H24N2/c1-17(2)15(13-9-5-3-6-10-13)16-14-11-7-4-8-12-14/h3,5-6,9-10,14-16H,4,7-8,11-12H2,1-2H3. The summed E-state index contributed by atoms with van der Waals surface area (Å²) in [5, 5.41) is 3.80. The van der Waals surface area contributed by atoms with Gasteiger partial charge in [-0.25, -0.2) is 0 Å². The molecule has 2 nitrogen and oxygen atoms in total. The Hall–Kier alpha value is -0.860. The van der Waals surface area contributed by atoms with Gasteiger partial charge in [0.1, 0.15) is 0 Å². The van der Waals surface area contributed by atoms with E-state index in [0.29, 0.717) is 12.2 Å². The van der Waals surface area contributed by atoms with Gasteiger partial charge >= 0.3 is 0 Å². The van der Waals surface area contributed by atoms with E-state index in [1.54, 1.807) is 0 Å². The summed E-state index contributed by atoms with van der Waals surface area (Å²) < 4.78 is 0. The van der Waals surface area contributed by atoms with Crippen LogP contribution < -0.4 is 5.32 Å². The van der Waals surface area contributed by atoms with E-state index < -0.39 is 0 Å². The Kier molecular flexibility index (Phi) is 4.57. The van der Waals surface area contributed by atoms with Gasteiger partial charge in [-0.1, -0.05) is 49.6 Å². The highest BCUT2D eigenvalue weighted by Crippen LogP contribution is 2.22. The molecular formula is C15H24N2. The Labute approximate surface area is 105 Å². The second-order valence-electron chi connectivity index (χ2n) is 5.28. The topological polar surface area (TPSA) is 15.3 Å². The number of hydrogen-bond donors (Lipinski definition) is 1. The Morgan fingerprint density at radius 2 is 1.71 bits per heavy atom. The second kappa shape index (κ2) is 6.18. The fourth-order valence-corrected chi connectivity index (χ4v) is 2.67. The van der Waals surface area contributed by atoms with Crippen LogP contribution in [0.15, 0.2) is 30.3 Å². The van der Waals surface area contributed by atoms with Gasteiger partial charge in [0.25, 0.3) is 0 Å². The molecule has 0 aromatic heterocycles. The van der Waals surface area contributed by atoms with Crippen molar-refractivity contribution in [2.24, 2.45) is 0 Å². The van der Waals surface area contributed by atoms with Crippen molar-refractivity contribution in [2.45, 2.75) is 44.3 Å². The molecule has 1 aliphatic rings. The van der Waals surface area contributed by atoms with Crippen molar-refractivity contribution in [1.29, 1.82) is 0 Å². The maximum absolute atomic E-state index is 3.80. The number of nitrogens with one attached hydrogen (secondary N) is 1. The van der Waals surface area contributed by atoms with Crippen molar-refractivity contribution < 1.29 is 0 Å². The average Bonchev–Trinajstić information content (AvgIpc) is 2.38. The minimum Gasteiger partial charge on any atom is -0.295 e. The second-order valence-corrected chi connectivity index (χ2v) is 5.28. The van der Waals surface area contributed by atoms with Gasteiger partial charge in [-0.15, -0.1) is 0 Å². The summed E-state index contributed by atoms with van der Waals surface area (Å²) in [5.74, 6) is 0. The highest BCUT2D eigenvalue weighted by molar-refractivity contribution is 5.18. The van der Waals surface area contributed by atoms with Gasteiger partial charge in [0, 0.05) is 6.04 Å². The van der Waals surface area contributed by atoms with E-state index in [0.717, 1.165) is 0 Å². The number of benzene rings is 1. The lowest BCUT2D eigenvalue weighted by molar-refractivity contribution is 0.207. The van der Waals surface area contributed by atoms with E-state index >= 15 is 0 Å². The lowest BCUT2D eigenvalue weighted by Crippen LogP contribution is -2.41. The summed E-state index contributed by atoms with van der Waals surface area (Å²) >= 11 is 0. The highest BCUT2D eigenvalue weighted by Gasteiger charge is 2.20. The summed E-state index contributed by atoms with van der Waals surface area (Å²) in [6.07, 6.45) is 7.18. The smallest absolute Gasteiger partial charge is 0.0857 e. The van der Waals surface area contributed by atoms with Crippen LogP contribution in [0.4, 0.5) is 0 Å². The zero-order chi connectivity index (χ0) is 12.1. The molecule has 0 spiro atoms. The van der Waals surface area contributed by atoms with Crippen LogP contribution in [0, 0.1) is 0 Å². The summed E-state index contributed by atoms with van der Waals surface area (Å²) in [7, 11) is 4.29. The van der Waals surface area contributed by atoms with Crippen LogP contribution in [0.2, 0.25) is 0 Å². The highest BCUT2D eigenvalue weighted by atomic mass is 15.2. The van der Waals surface area contributed by atoms with Crippen LogP contribution in [0.5, 0.6) is 0 Å². The molecule has 0 bridgehead atoms. The number of rotatable bonds is 4. The van der Waals surface area contributed by atoms with Crippen molar-refractivity contribution in [3.05, 3.63) is 35.9 Å². The molecule has 0 heterocycles. The molecule has 0 radical (unpaired) electrons. The minimum absolute atomic E-state index is 0.347. The largest absolute Gasteiger partial charge is 0.295 e. The molecule has 1 unspecified atom stereocenters. The van der Waals surface area contributed by atoms with Crippen molar-refractivity contribution in [1.82, 2.24) is 10.2 Å². The van der Waals surface area contributed by atoms with E-state index in [2.05, 4.69) is 54.6 Å². The first-order valence-electron chi connectivity index (χ1n) is 6.75. The molecule has 2 rings (SSSR count). The van der Waals surface area contributed by atoms with Crippen LogP contribution in [-0.4, -0.2) is 25.0 Å². The first-order valence-corrected chi connectivity index (χ1v) is 6.75. The average molecular weight is 232 g/mol. The third-order valence-corrected chi connectivity index (χ3v) is 3.63. The van der Waals surface area contributed by atoms with Gasteiger partial charge in [-0.05, 0) is 32.5 Å². The predicted octanol–water partition coefficient (Wildman–Crippen LogP) is 3.17. The van der Waals surface area contributed by atoms with Crippen LogP contribution in [0.1, 0.15) is 43.8 Å². The van der Waals surface area contributed by atoms with E-state index in [1.807, 2.05) is 0 Å². The zero-order valence-corrected chi connectivity index (χ0v) is 11.0. The Bertz CT molecular complexity index is 315. The van der Waals surface area contributed by atoms with Gasteiger partial charge in [-0.2, -0.15) is 0 Å². The van der Waals surface area contributed by atoms with Crippen LogP contribution in [0.25, 0.3) is 0 Å². The van der Waals surface area contributed by atoms with Crippen LogP contribution >= 0.6 is 0 Å². The van der Waals surface area contributed by atoms with Gasteiger partial charge in [0.15, 0.2) is 0 Å². The molecule has 0 saturated heterocycles. The van der Waals surface area contributed by atoms with Crippen molar-refractivity contribution in [3.63, 3.8) is 0 Å². The summed E-state index contributed by atoms with van der Waals surface area (Å²) in [5.41, 5.74) is 1.36. The van der Waals surface area contributed by atoms with E-state index in [1.165, 1.54) is 37.7 Å². The molecule has 94 valence electrons. The van der Waals surface area contributed by atoms with Crippen molar-refractivity contribution in [2.75, 3.05) is 14.1 Å². The SMILES string of the molecule is CN(C)C(NC1CCCCC1)c1ccccc1. The Morgan fingerprint density at radius 1 is 1.06 bits per heavy atom. The van der Waals surface area contributed by atoms with Crippen molar-refractivity contribution in [3.8, 4) is 0 Å². The molecule has 17 heavy (non-hydrogen) atoms. The number of nitrogens with zero attached hydrogens (tertiary/aromatic N) is 1. The first kappa shape index (κ1) is 12.6. The van der Waals surface area contributed by atoms with E-state index in [4.69, 9.17) is 0 Å². The maximum atomic E-state index is 3.80. The predicted molar refractivity (Wildman–Crippen MR) is 72.9 cm³/mol. The molecule has 2 heteroatoms. The molecule has 1 aromatic carbocycles. The first-order chi connectivity index (χ1) is 8.27. The number of hydrogen-bond acceptors (Lipinski definition) is 2. The molecule has 0 aliphatic heterocycles. The Balaban J connectivity index is 2.02. The van der Waals surface area contributed by atoms with Crippen LogP contribution in [0.3, 0.4) is 0 Å². The van der Waals surface area contributed by atoms with Crippen LogP contribution in [-0.2, 0) is 0 Å². The summed E-state index contributed by atoms with van der Waals surface area (Å²) in [6.45, 7) is 0. The molecule has 1 fully saturated rings. The fourth-order valence-electron chi connectivity index (χ4n) is 2.67. The van der Waals surface area contributed by atoms with Gasteiger partial charge < -0.3 is 0 Å². The third kappa shape index (κ3) is 3.55. The lowest BCUT2D eigenvalue weighted by Gasteiger charge is -2.32. The molecule has 1 aromatic rings. The van der Waals surface area contributed by atoms with E-state index in [9.17, 15) is 0 Å².